The van der Waals surface area contributed by atoms with Gasteiger partial charge in [0.15, 0.2) is 16.3 Å². The van der Waals surface area contributed by atoms with Crippen LogP contribution in [0.5, 0.6) is 17.2 Å². The Morgan fingerprint density at radius 1 is 1.02 bits per heavy atom. The van der Waals surface area contributed by atoms with Crippen LogP contribution in [0.25, 0.3) is 11.8 Å². The fraction of sp³-hybridized carbons (Fsp3) is 0.162. The normalized spacial score (nSPS) is 15.3. The maximum atomic E-state index is 14.2. The van der Waals surface area contributed by atoms with E-state index in [1.807, 2.05) is 65.2 Å². The molecule has 1 aliphatic carbocycles. The maximum Gasteiger partial charge on any atom is 0.271 e. The van der Waals surface area contributed by atoms with Crippen molar-refractivity contribution in [3.8, 4) is 23.3 Å². The van der Waals surface area contributed by atoms with E-state index >= 15 is 0 Å². The van der Waals surface area contributed by atoms with E-state index in [0.29, 0.717) is 26.4 Å². The summed E-state index contributed by atoms with van der Waals surface area (Å²) in [5, 5.41) is 9.46. The summed E-state index contributed by atoms with van der Waals surface area (Å²) in [6.07, 6.45) is 3.60. The third kappa shape index (κ3) is 5.42. The van der Waals surface area contributed by atoms with Gasteiger partial charge in [0.2, 0.25) is 0 Å². The fourth-order valence-corrected chi connectivity index (χ4v) is 7.94. The van der Waals surface area contributed by atoms with E-state index in [1.165, 1.54) is 16.9 Å². The molecule has 4 aromatic carbocycles. The quantitative estimate of drug-likeness (QED) is 0.181. The van der Waals surface area contributed by atoms with E-state index in [9.17, 15) is 10.1 Å². The van der Waals surface area contributed by atoms with Crippen molar-refractivity contribution >= 4 is 45.7 Å². The summed E-state index contributed by atoms with van der Waals surface area (Å²) in [6, 6.07) is 29.5. The highest BCUT2D eigenvalue weighted by molar-refractivity contribution is 14.1. The van der Waals surface area contributed by atoms with Crippen LogP contribution in [0.15, 0.2) is 100 Å². The highest BCUT2D eigenvalue weighted by Crippen LogP contribution is 2.42. The molecule has 1 aliphatic heterocycles. The Kier molecular flexibility index (Phi) is 8.23. The van der Waals surface area contributed by atoms with Gasteiger partial charge in [0.1, 0.15) is 12.4 Å². The molecule has 46 heavy (non-hydrogen) atoms. The van der Waals surface area contributed by atoms with Crippen LogP contribution in [0.3, 0.4) is 0 Å². The zero-order valence-corrected chi connectivity index (χ0v) is 28.1. The van der Waals surface area contributed by atoms with Crippen molar-refractivity contribution in [2.45, 2.75) is 25.5 Å². The molecule has 0 unspecified atom stereocenters. The van der Waals surface area contributed by atoms with Crippen LogP contribution in [0.4, 0.5) is 0 Å². The number of nitriles is 1. The number of thiazole rings is 1. The number of benzene rings is 4. The minimum Gasteiger partial charge on any atom is -0.497 e. The number of allylic oxidation sites excluding steroid dienone is 1. The monoisotopic (exact) mass is 737 g/mol. The van der Waals surface area contributed by atoms with Crippen LogP contribution in [-0.4, -0.2) is 18.8 Å². The number of fused-ring (bicyclic) bond motifs is 3. The molecule has 0 bridgehead atoms. The number of hydrogen-bond acceptors (Lipinski definition) is 7. The molecule has 1 atom stereocenters. The zero-order valence-electron chi connectivity index (χ0n) is 25.1. The molecule has 5 aromatic rings. The summed E-state index contributed by atoms with van der Waals surface area (Å²) >= 11 is 3.61. The minimum atomic E-state index is -0.293. The number of rotatable bonds is 7. The summed E-state index contributed by atoms with van der Waals surface area (Å²) in [7, 11) is 3.25. The summed E-state index contributed by atoms with van der Waals surface area (Å²) in [5.74, 6) is 1.87. The second-order valence-electron chi connectivity index (χ2n) is 11.0. The molecule has 1 aromatic heterocycles. The van der Waals surface area contributed by atoms with Gasteiger partial charge in [0.25, 0.3) is 5.56 Å². The lowest BCUT2D eigenvalue weighted by Gasteiger charge is -2.31. The summed E-state index contributed by atoms with van der Waals surface area (Å²) in [6.45, 7) is 0.228. The van der Waals surface area contributed by atoms with E-state index in [4.69, 9.17) is 19.2 Å². The largest absolute Gasteiger partial charge is 0.497 e. The van der Waals surface area contributed by atoms with Gasteiger partial charge in [0, 0.05) is 11.1 Å². The van der Waals surface area contributed by atoms with Crippen molar-refractivity contribution in [3.05, 3.63) is 147 Å². The van der Waals surface area contributed by atoms with Crippen molar-refractivity contribution in [1.29, 1.82) is 5.26 Å². The van der Waals surface area contributed by atoms with E-state index < -0.39 is 0 Å². The Morgan fingerprint density at radius 3 is 2.67 bits per heavy atom. The number of methoxy groups -OCH3 is 2. The lowest BCUT2D eigenvalue weighted by Crippen LogP contribution is -2.38. The predicted octanol–water partition coefficient (Wildman–Crippen LogP) is 6.39. The Morgan fingerprint density at radius 2 is 1.85 bits per heavy atom. The smallest absolute Gasteiger partial charge is 0.271 e. The predicted molar refractivity (Wildman–Crippen MR) is 187 cm³/mol. The third-order valence-corrected chi connectivity index (χ3v) is 10.1. The lowest BCUT2D eigenvalue weighted by atomic mass is 9.83. The first-order valence-electron chi connectivity index (χ1n) is 14.7. The number of nitrogens with zero attached hydrogens (tertiary/aromatic N) is 3. The number of aromatic nitrogens is 1. The molecule has 0 saturated heterocycles. The highest BCUT2D eigenvalue weighted by atomic mass is 127. The Hall–Kier alpha value is -4.66. The van der Waals surface area contributed by atoms with Crippen LogP contribution < -0.4 is 29.1 Å². The lowest BCUT2D eigenvalue weighted by molar-refractivity contribution is 0.282. The Balaban J connectivity index is 1.33. The van der Waals surface area contributed by atoms with Gasteiger partial charge in [-0.1, -0.05) is 65.9 Å². The van der Waals surface area contributed by atoms with Crippen LogP contribution in [0.1, 0.15) is 45.8 Å². The fourth-order valence-electron chi connectivity index (χ4n) is 6.15. The molecule has 0 fully saturated rings. The highest BCUT2D eigenvalue weighted by Gasteiger charge is 2.32. The van der Waals surface area contributed by atoms with Crippen LogP contribution in [-0.2, 0) is 13.0 Å². The average molecular weight is 738 g/mol. The summed E-state index contributed by atoms with van der Waals surface area (Å²) in [5.41, 5.74) is 7.57. The number of hydrogen-bond donors (Lipinski definition) is 0. The Bertz CT molecular complexity index is 2260. The first-order chi connectivity index (χ1) is 22.5. The van der Waals surface area contributed by atoms with Crippen LogP contribution in [0.2, 0.25) is 0 Å². The molecule has 0 saturated carbocycles. The molecule has 2 heterocycles. The molecule has 0 N–H and O–H groups in total. The van der Waals surface area contributed by atoms with E-state index in [-0.39, 0.29) is 18.2 Å². The molecule has 2 aliphatic rings. The van der Waals surface area contributed by atoms with E-state index in [1.54, 1.807) is 20.3 Å². The van der Waals surface area contributed by atoms with Crippen molar-refractivity contribution in [1.82, 2.24) is 4.57 Å². The molecule has 228 valence electrons. The zero-order chi connectivity index (χ0) is 31.8. The molecule has 9 heteroatoms. The van der Waals surface area contributed by atoms with Crippen molar-refractivity contribution in [2.24, 2.45) is 4.99 Å². The average Bonchev–Trinajstić information content (AvgIpc) is 3.40. The Labute approximate surface area is 283 Å². The standard InChI is InChI=1S/C37H28IN3O4S/c1-43-27-12-7-11-24(19-27)34-29-15-14-23-8-5-6-13-28(23)33(29)40-37-41(34)36(42)32(46-37)18-22-16-30(38)35(31(17-22)44-2)45-21-26-10-4-3-9-25(26)20-39/h3-13,16-19,34H,14-15,21H2,1-2H3/b32-18+/t34-/m1/s1. The van der Waals surface area contributed by atoms with Crippen molar-refractivity contribution in [2.75, 3.05) is 14.2 Å². The molecule has 0 radical (unpaired) electrons. The number of aryl methyl sites for hydroxylation is 1. The minimum absolute atomic E-state index is 0.0932. The van der Waals surface area contributed by atoms with Gasteiger partial charge >= 0.3 is 0 Å². The molecular weight excluding hydrogens is 709 g/mol. The first kappa shape index (κ1) is 30.0. The molecule has 0 spiro atoms. The summed E-state index contributed by atoms with van der Waals surface area (Å²) < 4.78 is 20.7. The number of ether oxygens (including phenoxy) is 3. The van der Waals surface area contributed by atoms with Gasteiger partial charge in [-0.05, 0) is 94.1 Å². The summed E-state index contributed by atoms with van der Waals surface area (Å²) in [4.78, 5) is 20.0. The topological polar surface area (TPSA) is 85.8 Å². The second kappa shape index (κ2) is 12.6. The van der Waals surface area contributed by atoms with Gasteiger partial charge in [-0.25, -0.2) is 4.99 Å². The number of halogens is 1. The molecular formula is C37H28IN3O4S. The first-order valence-corrected chi connectivity index (χ1v) is 16.6. The third-order valence-electron chi connectivity index (χ3n) is 8.34. The van der Waals surface area contributed by atoms with E-state index in [0.717, 1.165) is 55.7 Å². The van der Waals surface area contributed by atoms with Crippen molar-refractivity contribution in [3.63, 3.8) is 0 Å². The van der Waals surface area contributed by atoms with Crippen LogP contribution in [0, 0.1) is 14.9 Å². The van der Waals surface area contributed by atoms with E-state index in [2.05, 4.69) is 52.9 Å². The molecule has 7 rings (SSSR count). The SMILES string of the molecule is COc1cccc([C@@H]2C3=C(N=c4s/c(=C/c5cc(I)c(OCc6ccccc6C#N)c(OC)c5)c(=O)n42)c2ccccc2CC3)c1. The van der Waals surface area contributed by atoms with Gasteiger partial charge < -0.3 is 14.2 Å². The van der Waals surface area contributed by atoms with Gasteiger partial charge in [0.05, 0.1) is 45.7 Å². The van der Waals surface area contributed by atoms with Crippen LogP contribution >= 0.6 is 33.9 Å². The molecule has 0 amide bonds. The van der Waals surface area contributed by atoms with Gasteiger partial charge in [-0.3, -0.25) is 9.36 Å². The molecule has 7 nitrogen and oxygen atoms in total. The van der Waals surface area contributed by atoms with Gasteiger partial charge in [-0.2, -0.15) is 5.26 Å². The van der Waals surface area contributed by atoms with Crippen molar-refractivity contribution < 1.29 is 14.2 Å². The second-order valence-corrected chi connectivity index (χ2v) is 13.2. The maximum absolute atomic E-state index is 14.2. The van der Waals surface area contributed by atoms with Gasteiger partial charge in [-0.15, -0.1) is 0 Å².